The third kappa shape index (κ3) is 2.72. The van der Waals surface area contributed by atoms with Gasteiger partial charge in [0, 0.05) is 16.0 Å². The summed E-state index contributed by atoms with van der Waals surface area (Å²) in [5.41, 5.74) is 1.06. The van der Waals surface area contributed by atoms with Gasteiger partial charge in [-0.3, -0.25) is 9.59 Å². The van der Waals surface area contributed by atoms with Crippen molar-refractivity contribution in [2.45, 2.75) is 0 Å². The zero-order chi connectivity index (χ0) is 12.4. The van der Waals surface area contributed by atoms with E-state index in [0.29, 0.717) is 20.9 Å². The Balaban J connectivity index is 2.60. The van der Waals surface area contributed by atoms with Crippen molar-refractivity contribution in [3.05, 3.63) is 45.2 Å². The van der Waals surface area contributed by atoms with Crippen molar-refractivity contribution in [1.82, 2.24) is 0 Å². The largest absolute Gasteiger partial charge is 0.410 e. The number of carbonyl (C=O) groups is 2. The fraction of sp³-hybridized carbons (Fsp3) is 0. The molecule has 0 fully saturated rings. The summed E-state index contributed by atoms with van der Waals surface area (Å²) in [6.07, 6.45) is 0. The number of Topliss-reactive ketones (excluding diaryl/α,β-unsaturated/α-hetero) is 2. The fourth-order valence-electron chi connectivity index (χ4n) is 1.59. The molecule has 0 saturated heterocycles. The maximum absolute atomic E-state index is 12.3. The molecule has 0 aromatic heterocycles. The van der Waals surface area contributed by atoms with Gasteiger partial charge in [0.2, 0.25) is 15.2 Å². The lowest BCUT2D eigenvalue weighted by atomic mass is 9.94. The average molecular weight is 401 g/mol. The van der Waals surface area contributed by atoms with E-state index in [4.69, 9.17) is 0 Å². The molecular formula is C10H4Al2IO2S2. The minimum Gasteiger partial charge on any atom is -0.288 e. The van der Waals surface area contributed by atoms with Gasteiger partial charge in [0.05, 0.1) is 4.91 Å². The van der Waals surface area contributed by atoms with Crippen LogP contribution in [0.25, 0.3) is 0 Å². The van der Waals surface area contributed by atoms with Crippen LogP contribution in [0.2, 0.25) is 0 Å². The predicted octanol–water partition coefficient (Wildman–Crippen LogP) is 2.80. The van der Waals surface area contributed by atoms with Crippen molar-refractivity contribution in [2.24, 2.45) is 0 Å². The second kappa shape index (κ2) is 6.30. The fourth-order valence-corrected chi connectivity index (χ4v) is 7.22. The van der Waals surface area contributed by atoms with Crippen molar-refractivity contribution < 1.29 is 9.59 Å². The third-order valence-electron chi connectivity index (χ3n) is 2.32. The second-order valence-corrected chi connectivity index (χ2v) is 11.2. The molecule has 2 rings (SSSR count). The number of allylic oxidation sites excluding steroid dienone is 2. The lowest BCUT2D eigenvalue weighted by molar-refractivity contribution is 0.0988. The Labute approximate surface area is 131 Å². The molecule has 0 atom stereocenters. The monoisotopic (exact) mass is 401 g/mol. The van der Waals surface area contributed by atoms with Crippen molar-refractivity contribution in [2.75, 3.05) is 0 Å². The van der Waals surface area contributed by atoms with Crippen molar-refractivity contribution in [3.63, 3.8) is 0 Å². The highest BCUT2D eigenvalue weighted by Crippen LogP contribution is 2.36. The summed E-state index contributed by atoms with van der Waals surface area (Å²) in [5, 5.41) is 0. The maximum Gasteiger partial charge on any atom is 0.410 e. The second-order valence-electron chi connectivity index (χ2n) is 3.19. The van der Waals surface area contributed by atoms with Crippen LogP contribution in [0.4, 0.5) is 0 Å². The van der Waals surface area contributed by atoms with Crippen LogP contribution in [0.5, 0.6) is 0 Å². The van der Waals surface area contributed by atoms with Gasteiger partial charge in [-0.05, 0) is 0 Å². The smallest absolute Gasteiger partial charge is 0.288 e. The first kappa shape index (κ1) is 14.2. The molecule has 0 amide bonds. The molecule has 17 heavy (non-hydrogen) atoms. The van der Waals surface area contributed by atoms with Gasteiger partial charge in [0.25, 0.3) is 0 Å². The summed E-state index contributed by atoms with van der Waals surface area (Å²) < 4.78 is 0. The molecule has 1 aromatic rings. The molecule has 1 aromatic carbocycles. The minimum absolute atomic E-state index is 0.0145. The van der Waals surface area contributed by atoms with Gasteiger partial charge in [-0.2, -0.15) is 0 Å². The summed E-state index contributed by atoms with van der Waals surface area (Å²) in [6.45, 7) is 0. The molecule has 0 bridgehead atoms. The summed E-state index contributed by atoms with van der Waals surface area (Å²) >= 11 is 4.72. The van der Waals surface area contributed by atoms with Gasteiger partial charge in [0.15, 0.2) is 11.6 Å². The SMILES string of the molecule is O=C1C([S][Al])=C([S][Al][I])C(=O)c2ccccc21. The summed E-state index contributed by atoms with van der Waals surface area (Å²) in [4.78, 5) is 25.7. The van der Waals surface area contributed by atoms with Crippen molar-refractivity contribution in [1.29, 1.82) is 0 Å². The number of rotatable bonds is 3. The first-order valence-electron chi connectivity index (χ1n) is 4.58. The van der Waals surface area contributed by atoms with Gasteiger partial charge in [0.1, 0.15) is 0 Å². The highest BCUT2D eigenvalue weighted by atomic mass is 127. The van der Waals surface area contributed by atoms with Crippen LogP contribution in [-0.4, -0.2) is 37.5 Å². The highest BCUT2D eigenvalue weighted by molar-refractivity contribution is 14.1. The third-order valence-corrected chi connectivity index (χ3v) is 7.75. The number of benzene rings is 1. The number of carbonyl (C=O) groups excluding carboxylic acids is 2. The van der Waals surface area contributed by atoms with Gasteiger partial charge in [-0.25, -0.2) is 40.5 Å². The predicted molar refractivity (Wildman–Crippen MR) is 82.8 cm³/mol. The van der Waals surface area contributed by atoms with Crippen molar-refractivity contribution in [3.8, 4) is 0 Å². The van der Waals surface area contributed by atoms with E-state index >= 15 is 0 Å². The molecular weight excluding hydrogens is 397 g/mol. The van der Waals surface area contributed by atoms with E-state index in [1.807, 2.05) is 0 Å². The standard InChI is InChI=1S/C10H6O2S2.2Al.HI/c11-7-5-3-1-2-4-6(5)8(12)10(14)9(7)13;;;/h1-4,13-14H;;;1H/q;+1;+2;/p-3. The zero-order valence-electron chi connectivity index (χ0n) is 8.48. The van der Waals surface area contributed by atoms with Crippen LogP contribution in [-0.2, 0) is 0 Å². The Morgan fingerprint density at radius 1 is 1.06 bits per heavy atom. The minimum atomic E-state index is -0.0352. The first-order chi connectivity index (χ1) is 8.20. The van der Waals surface area contributed by atoms with Crippen LogP contribution in [0.3, 0.4) is 0 Å². The molecule has 81 valence electrons. The molecule has 1 aliphatic rings. The molecule has 2 nitrogen and oxygen atoms in total. The van der Waals surface area contributed by atoms with E-state index in [1.54, 1.807) is 24.3 Å². The van der Waals surface area contributed by atoms with Crippen LogP contribution in [0.15, 0.2) is 34.1 Å². The van der Waals surface area contributed by atoms with Crippen LogP contribution >= 0.6 is 40.5 Å². The maximum atomic E-state index is 12.3. The molecule has 7 heteroatoms. The van der Waals surface area contributed by atoms with Crippen LogP contribution < -0.4 is 0 Å². The molecule has 0 aliphatic heterocycles. The Bertz CT molecular complexity index is 531. The van der Waals surface area contributed by atoms with Gasteiger partial charge >= 0.3 is 10.8 Å². The van der Waals surface area contributed by atoms with Crippen LogP contribution in [0, 0.1) is 0 Å². The Hall–Kier alpha value is 0.795. The molecule has 0 heterocycles. The van der Waals surface area contributed by atoms with E-state index < -0.39 is 0 Å². The van der Waals surface area contributed by atoms with E-state index in [0.717, 1.165) is 0 Å². The summed E-state index contributed by atoms with van der Waals surface area (Å²) in [6, 6.07) is 7.02. The number of ketones is 2. The first-order valence-corrected chi connectivity index (χ1v) is 13.3. The molecule has 0 N–H and O–H groups in total. The molecule has 0 spiro atoms. The Kier molecular flexibility index (Phi) is 5.26. The highest BCUT2D eigenvalue weighted by Gasteiger charge is 2.30. The number of hydrogen-bond donors (Lipinski definition) is 0. The van der Waals surface area contributed by atoms with Gasteiger partial charge < -0.3 is 0 Å². The number of halogens is 1. The molecule has 3 radical (unpaired) electrons. The summed E-state index contributed by atoms with van der Waals surface area (Å²) in [5.74, 6) is -0.0498. The lowest BCUT2D eigenvalue weighted by Gasteiger charge is -2.19. The molecule has 0 saturated carbocycles. The van der Waals surface area contributed by atoms with Gasteiger partial charge in [-0.1, -0.05) is 24.3 Å². The Morgan fingerprint density at radius 2 is 1.59 bits per heavy atom. The topological polar surface area (TPSA) is 34.1 Å². The van der Waals surface area contributed by atoms with E-state index in [9.17, 15) is 9.59 Å². The van der Waals surface area contributed by atoms with Crippen molar-refractivity contribution >= 4 is 78.1 Å². The Morgan fingerprint density at radius 3 is 2.06 bits per heavy atom. The summed E-state index contributed by atoms with van der Waals surface area (Å²) in [7, 11) is 2.85. The average Bonchev–Trinajstić information content (AvgIpc) is 2.36. The van der Waals surface area contributed by atoms with E-state index in [1.165, 1.54) is 20.3 Å². The number of fused-ring (bicyclic) bond motifs is 1. The zero-order valence-corrected chi connectivity index (χ0v) is 14.6. The van der Waals surface area contributed by atoms with Crippen LogP contribution in [0.1, 0.15) is 20.7 Å². The normalized spacial score (nSPS) is 14.9. The van der Waals surface area contributed by atoms with E-state index in [-0.39, 0.29) is 22.4 Å². The van der Waals surface area contributed by atoms with Gasteiger partial charge in [-0.15, -0.1) is 0 Å². The van der Waals surface area contributed by atoms with E-state index in [2.05, 4.69) is 35.4 Å². The lowest BCUT2D eigenvalue weighted by Crippen LogP contribution is -2.19. The molecule has 1 aliphatic carbocycles. The molecule has 0 unspecified atom stereocenters. The quantitative estimate of drug-likeness (QED) is 0.577. The number of hydrogen-bond acceptors (Lipinski definition) is 4.